The molecule has 0 spiro atoms. The van der Waals surface area contributed by atoms with Crippen molar-refractivity contribution in [3.63, 3.8) is 0 Å². The number of nitrogens with zero attached hydrogens (tertiary/aromatic N) is 2. The number of benzene rings is 2. The second-order valence-corrected chi connectivity index (χ2v) is 11.9. The fourth-order valence-corrected chi connectivity index (χ4v) is 7.80. The van der Waals surface area contributed by atoms with Gasteiger partial charge in [-0.2, -0.15) is 0 Å². The molecule has 3 nitrogen and oxygen atoms in total. The van der Waals surface area contributed by atoms with E-state index < -0.39 is 0 Å². The third kappa shape index (κ3) is 5.05. The number of amides is 1. The summed E-state index contributed by atoms with van der Waals surface area (Å²) in [7, 11) is 0. The SMILES string of the molecule is O=C(C1=CCCC2CCCCC12)N1CC(CN2CCC(c3ccccc3)CC2)C(c2ccccc2)C1. The molecule has 190 valence electrons. The monoisotopic (exact) mass is 482 g/mol. The van der Waals surface area contributed by atoms with Crippen LogP contribution >= 0.6 is 0 Å². The van der Waals surface area contributed by atoms with Gasteiger partial charge in [-0.05, 0) is 86.4 Å². The Hall–Kier alpha value is -2.39. The van der Waals surface area contributed by atoms with E-state index in [1.165, 1.54) is 74.7 Å². The largest absolute Gasteiger partial charge is 0.338 e. The molecule has 3 heteroatoms. The Bertz CT molecular complexity index is 1040. The Morgan fingerprint density at radius 1 is 0.750 bits per heavy atom. The average Bonchev–Trinajstić information content (AvgIpc) is 3.37. The summed E-state index contributed by atoms with van der Waals surface area (Å²) in [6.45, 7) is 5.23. The summed E-state index contributed by atoms with van der Waals surface area (Å²) >= 11 is 0. The number of rotatable bonds is 5. The molecule has 2 aliphatic carbocycles. The highest BCUT2D eigenvalue weighted by Crippen LogP contribution is 2.43. The van der Waals surface area contributed by atoms with Gasteiger partial charge in [0.05, 0.1) is 0 Å². The molecule has 0 radical (unpaired) electrons. The highest BCUT2D eigenvalue weighted by Gasteiger charge is 2.41. The highest BCUT2D eigenvalue weighted by atomic mass is 16.2. The molecule has 4 atom stereocenters. The molecule has 36 heavy (non-hydrogen) atoms. The number of carbonyl (C=O) groups excluding carboxylic acids is 1. The van der Waals surface area contributed by atoms with Crippen molar-refractivity contribution in [3.8, 4) is 0 Å². The third-order valence-electron chi connectivity index (χ3n) is 9.76. The molecule has 1 amide bonds. The number of allylic oxidation sites excluding steroid dienone is 1. The van der Waals surface area contributed by atoms with Gasteiger partial charge in [-0.15, -0.1) is 0 Å². The van der Waals surface area contributed by atoms with Gasteiger partial charge >= 0.3 is 0 Å². The molecule has 0 aromatic heterocycles. The summed E-state index contributed by atoms with van der Waals surface area (Å²) in [5.41, 5.74) is 4.07. The molecule has 4 aliphatic rings. The van der Waals surface area contributed by atoms with Gasteiger partial charge in [0.2, 0.25) is 5.91 Å². The van der Waals surface area contributed by atoms with Crippen molar-refractivity contribution in [2.75, 3.05) is 32.7 Å². The van der Waals surface area contributed by atoms with Gasteiger partial charge in [-0.3, -0.25) is 4.79 Å². The van der Waals surface area contributed by atoms with E-state index in [-0.39, 0.29) is 0 Å². The molecule has 2 aliphatic heterocycles. The van der Waals surface area contributed by atoms with Crippen LogP contribution in [0.15, 0.2) is 72.3 Å². The van der Waals surface area contributed by atoms with Crippen LogP contribution in [0.25, 0.3) is 0 Å². The maximum Gasteiger partial charge on any atom is 0.249 e. The highest BCUT2D eigenvalue weighted by molar-refractivity contribution is 5.94. The fourth-order valence-electron chi connectivity index (χ4n) is 7.80. The average molecular weight is 483 g/mol. The van der Waals surface area contributed by atoms with Crippen molar-refractivity contribution >= 4 is 5.91 Å². The van der Waals surface area contributed by atoms with Gasteiger partial charge < -0.3 is 9.80 Å². The van der Waals surface area contributed by atoms with E-state index >= 15 is 0 Å². The number of hydrogen-bond acceptors (Lipinski definition) is 2. The lowest BCUT2D eigenvalue weighted by molar-refractivity contribution is -0.127. The molecule has 2 saturated heterocycles. The van der Waals surface area contributed by atoms with Gasteiger partial charge in [0.25, 0.3) is 0 Å². The summed E-state index contributed by atoms with van der Waals surface area (Å²) in [6, 6.07) is 22.1. The molecular weight excluding hydrogens is 440 g/mol. The molecule has 2 aromatic carbocycles. The van der Waals surface area contributed by atoms with E-state index in [4.69, 9.17) is 0 Å². The van der Waals surface area contributed by atoms with E-state index in [2.05, 4.69) is 76.5 Å². The Kier molecular flexibility index (Phi) is 7.28. The molecule has 2 aromatic rings. The van der Waals surface area contributed by atoms with Crippen LogP contribution in [0.1, 0.15) is 74.3 Å². The van der Waals surface area contributed by atoms with Gasteiger partial charge in [0.1, 0.15) is 0 Å². The fraction of sp³-hybridized carbons (Fsp3) is 0.545. The van der Waals surface area contributed by atoms with Crippen molar-refractivity contribution in [3.05, 3.63) is 83.4 Å². The van der Waals surface area contributed by atoms with Crippen LogP contribution in [0.4, 0.5) is 0 Å². The van der Waals surface area contributed by atoms with E-state index in [0.717, 1.165) is 32.0 Å². The molecule has 6 rings (SSSR count). The zero-order chi connectivity index (χ0) is 24.3. The first kappa shape index (κ1) is 24.0. The van der Waals surface area contributed by atoms with E-state index in [0.29, 0.717) is 29.6 Å². The second kappa shape index (κ2) is 10.9. The zero-order valence-electron chi connectivity index (χ0n) is 21.7. The van der Waals surface area contributed by atoms with E-state index in [1.54, 1.807) is 0 Å². The van der Waals surface area contributed by atoms with Crippen molar-refractivity contribution in [1.82, 2.24) is 9.80 Å². The lowest BCUT2D eigenvalue weighted by Crippen LogP contribution is -2.39. The number of fused-ring (bicyclic) bond motifs is 1. The first-order valence-electron chi connectivity index (χ1n) is 14.6. The van der Waals surface area contributed by atoms with Gasteiger partial charge in [-0.1, -0.05) is 79.6 Å². The van der Waals surface area contributed by atoms with Crippen LogP contribution in [0.5, 0.6) is 0 Å². The topological polar surface area (TPSA) is 23.6 Å². The number of piperidine rings is 1. The van der Waals surface area contributed by atoms with Crippen molar-refractivity contribution < 1.29 is 4.79 Å². The van der Waals surface area contributed by atoms with Crippen LogP contribution in [0, 0.1) is 17.8 Å². The minimum Gasteiger partial charge on any atom is -0.338 e. The number of carbonyl (C=O) groups is 1. The van der Waals surface area contributed by atoms with Gasteiger partial charge in [0, 0.05) is 31.1 Å². The summed E-state index contributed by atoms with van der Waals surface area (Å²) in [5.74, 6) is 3.26. The molecule has 0 N–H and O–H groups in total. The summed E-state index contributed by atoms with van der Waals surface area (Å²) < 4.78 is 0. The van der Waals surface area contributed by atoms with Crippen LogP contribution in [0.3, 0.4) is 0 Å². The van der Waals surface area contributed by atoms with Crippen molar-refractivity contribution in [2.45, 2.75) is 63.2 Å². The van der Waals surface area contributed by atoms with Crippen LogP contribution in [-0.2, 0) is 4.79 Å². The van der Waals surface area contributed by atoms with Crippen molar-refractivity contribution in [1.29, 1.82) is 0 Å². The maximum atomic E-state index is 13.9. The summed E-state index contributed by atoms with van der Waals surface area (Å²) in [5, 5.41) is 0. The smallest absolute Gasteiger partial charge is 0.249 e. The Balaban J connectivity index is 1.15. The van der Waals surface area contributed by atoms with E-state index in [9.17, 15) is 4.79 Å². The minimum absolute atomic E-state index is 0.359. The molecule has 0 bridgehead atoms. The zero-order valence-corrected chi connectivity index (χ0v) is 21.7. The molecule has 1 saturated carbocycles. The summed E-state index contributed by atoms with van der Waals surface area (Å²) in [4.78, 5) is 18.8. The third-order valence-corrected chi connectivity index (χ3v) is 9.76. The predicted molar refractivity (Wildman–Crippen MR) is 147 cm³/mol. The summed E-state index contributed by atoms with van der Waals surface area (Å²) in [6.07, 6.45) is 12.4. The lowest BCUT2D eigenvalue weighted by Gasteiger charge is -2.37. The molecule has 2 heterocycles. The standard InChI is InChI=1S/C33H42N2O/c36-33(31-17-9-15-27-14-7-8-16-30(27)31)35-23-29(32(24-35)28-12-5-2-6-13-28)22-34-20-18-26(19-21-34)25-10-3-1-4-11-25/h1-6,10-13,17,26-27,29-30,32H,7-9,14-16,18-24H2. The normalized spacial score (nSPS) is 29.6. The Labute approximate surface area is 217 Å². The predicted octanol–water partition coefficient (Wildman–Crippen LogP) is 6.63. The van der Waals surface area contributed by atoms with Crippen molar-refractivity contribution in [2.24, 2.45) is 17.8 Å². The van der Waals surface area contributed by atoms with Gasteiger partial charge in [0.15, 0.2) is 0 Å². The van der Waals surface area contributed by atoms with Gasteiger partial charge in [-0.25, -0.2) is 0 Å². The van der Waals surface area contributed by atoms with Crippen LogP contribution in [0.2, 0.25) is 0 Å². The second-order valence-electron chi connectivity index (χ2n) is 11.9. The first-order valence-corrected chi connectivity index (χ1v) is 14.6. The van der Waals surface area contributed by atoms with Crippen LogP contribution < -0.4 is 0 Å². The first-order chi connectivity index (χ1) is 17.8. The van der Waals surface area contributed by atoms with E-state index in [1.807, 2.05) is 0 Å². The molecular formula is C33H42N2O. The Morgan fingerprint density at radius 3 is 2.19 bits per heavy atom. The molecule has 3 fully saturated rings. The quantitative estimate of drug-likeness (QED) is 0.477. The lowest BCUT2D eigenvalue weighted by atomic mass is 9.70. The van der Waals surface area contributed by atoms with Crippen LogP contribution in [-0.4, -0.2) is 48.4 Å². The maximum absolute atomic E-state index is 13.9. The molecule has 4 unspecified atom stereocenters. The Morgan fingerprint density at radius 2 is 1.44 bits per heavy atom. The number of hydrogen-bond donors (Lipinski definition) is 0. The number of likely N-dealkylation sites (tertiary alicyclic amines) is 2. The minimum atomic E-state index is 0.359.